The van der Waals surface area contributed by atoms with Gasteiger partial charge < -0.3 is 20.1 Å². The van der Waals surface area contributed by atoms with E-state index >= 15 is 0 Å². The fourth-order valence-corrected chi connectivity index (χ4v) is 6.27. The number of fused-ring (bicyclic) bond motifs is 6. The molecule has 0 bridgehead atoms. The molecule has 0 radical (unpaired) electrons. The number of halogens is 6. The lowest BCUT2D eigenvalue weighted by molar-refractivity contribution is 0.0296. The van der Waals surface area contributed by atoms with Gasteiger partial charge in [0.05, 0.1) is 35.5 Å². The number of rotatable bonds is 0. The largest absolute Gasteiger partial charge is 0.372 e. The van der Waals surface area contributed by atoms with Crippen molar-refractivity contribution in [1.29, 1.82) is 0 Å². The molecule has 0 amide bonds. The van der Waals surface area contributed by atoms with Gasteiger partial charge in [0.1, 0.15) is 0 Å². The summed E-state index contributed by atoms with van der Waals surface area (Å²) in [5, 5.41) is 8.31. The van der Waals surface area contributed by atoms with Crippen molar-refractivity contribution in [1.82, 2.24) is 10.6 Å². The summed E-state index contributed by atoms with van der Waals surface area (Å²) < 4.78 is 13.6. The standard InChI is InChI=1S/2C11H11BrClNO.2CH3I/c12-9-1-6-5-15-11-4-14-3-8(11)7(6)2-10(9)13;12-11-8(13)2-1-6-5-15-9-4-14-3-7(9)10(6)11;2*1-2/h1-2,8,11,14H,3-5H2;1-2,7,9,14H,3-5H2;2*1H3/t8-,11-;7-,9+;;/m01../s1. The van der Waals surface area contributed by atoms with Crippen LogP contribution in [-0.2, 0) is 22.7 Å². The van der Waals surface area contributed by atoms with Gasteiger partial charge >= 0.3 is 0 Å². The second kappa shape index (κ2) is 14.4. The van der Waals surface area contributed by atoms with E-state index in [9.17, 15) is 0 Å². The Morgan fingerprint density at radius 3 is 2.06 bits per heavy atom. The van der Waals surface area contributed by atoms with Gasteiger partial charge in [-0.1, -0.05) is 74.4 Å². The van der Waals surface area contributed by atoms with E-state index in [1.54, 1.807) is 0 Å². The zero-order chi connectivity index (χ0) is 24.8. The summed E-state index contributed by atoms with van der Waals surface area (Å²) in [6, 6.07) is 8.15. The van der Waals surface area contributed by atoms with Gasteiger partial charge in [-0.2, -0.15) is 0 Å². The van der Waals surface area contributed by atoms with Crippen molar-refractivity contribution in [3.63, 3.8) is 0 Å². The lowest BCUT2D eigenvalue weighted by Gasteiger charge is -2.29. The Morgan fingerprint density at radius 1 is 0.794 bits per heavy atom. The second-order valence-electron chi connectivity index (χ2n) is 8.13. The van der Waals surface area contributed by atoms with Crippen molar-refractivity contribution >= 4 is 100 Å². The molecule has 2 N–H and O–H groups in total. The van der Waals surface area contributed by atoms with Crippen molar-refractivity contribution in [2.24, 2.45) is 0 Å². The summed E-state index contributed by atoms with van der Waals surface area (Å²) in [4.78, 5) is 3.94. The van der Waals surface area contributed by atoms with E-state index < -0.39 is 0 Å². The van der Waals surface area contributed by atoms with E-state index in [-0.39, 0.29) is 0 Å². The van der Waals surface area contributed by atoms with Crippen LogP contribution in [-0.4, -0.2) is 48.2 Å². The predicted molar refractivity (Wildman–Crippen MR) is 167 cm³/mol. The summed E-state index contributed by atoms with van der Waals surface area (Å²) in [7, 11) is 0. The van der Waals surface area contributed by atoms with Crippen molar-refractivity contribution in [2.45, 2.75) is 37.3 Å². The molecule has 0 unspecified atom stereocenters. The molecule has 10 heteroatoms. The molecule has 6 rings (SSSR count). The van der Waals surface area contributed by atoms with Crippen molar-refractivity contribution in [2.75, 3.05) is 36.0 Å². The van der Waals surface area contributed by atoms with Gasteiger partial charge in [0.15, 0.2) is 0 Å². The van der Waals surface area contributed by atoms with Crippen LogP contribution in [0, 0.1) is 0 Å². The van der Waals surface area contributed by atoms with E-state index in [2.05, 4.69) is 106 Å². The van der Waals surface area contributed by atoms with Crippen LogP contribution in [0.1, 0.15) is 34.1 Å². The number of nitrogens with one attached hydrogen (secondary N) is 2. The first-order chi connectivity index (χ1) is 16.5. The minimum atomic E-state index is 0.312. The zero-order valence-corrected chi connectivity index (χ0v) is 27.9. The SMILES string of the molecule is CI.CI.Clc1cc2c(cc1Br)CO[C@H]1CNC[C@@H]21.Clc1ccc2c(c1Br)[C@@H]1CNC[C@@H]1OC2. The smallest absolute Gasteiger partial charge is 0.0785 e. The molecule has 2 aromatic carbocycles. The fraction of sp³-hybridized carbons (Fsp3) is 0.500. The van der Waals surface area contributed by atoms with E-state index in [4.69, 9.17) is 32.7 Å². The topological polar surface area (TPSA) is 42.5 Å². The van der Waals surface area contributed by atoms with E-state index in [1.807, 2.05) is 15.9 Å². The van der Waals surface area contributed by atoms with Gasteiger partial charge in [-0.25, -0.2) is 0 Å². The van der Waals surface area contributed by atoms with Crippen LogP contribution < -0.4 is 10.6 Å². The molecule has 0 aromatic heterocycles. The molecule has 2 saturated heterocycles. The van der Waals surface area contributed by atoms with Gasteiger partial charge in [-0.3, -0.25) is 0 Å². The lowest BCUT2D eigenvalue weighted by atomic mass is 9.90. The maximum atomic E-state index is 6.13. The minimum absolute atomic E-state index is 0.312. The number of hydrogen-bond donors (Lipinski definition) is 2. The molecule has 188 valence electrons. The molecule has 34 heavy (non-hydrogen) atoms. The highest BCUT2D eigenvalue weighted by Gasteiger charge is 2.36. The molecule has 4 aliphatic heterocycles. The summed E-state index contributed by atoms with van der Waals surface area (Å²) in [6.45, 7) is 5.29. The third-order valence-electron chi connectivity index (χ3n) is 6.40. The van der Waals surface area contributed by atoms with Gasteiger partial charge in [0.2, 0.25) is 0 Å². The molecule has 0 aliphatic carbocycles. The Kier molecular flexibility index (Phi) is 12.7. The van der Waals surface area contributed by atoms with Gasteiger partial charge in [-0.15, -0.1) is 0 Å². The Hall–Kier alpha value is 1.28. The first-order valence-corrected chi connectivity index (χ1v) is 17.5. The summed E-state index contributed by atoms with van der Waals surface area (Å²) in [6.07, 6.45) is 0.641. The lowest BCUT2D eigenvalue weighted by Crippen LogP contribution is -2.27. The minimum Gasteiger partial charge on any atom is -0.372 e. The van der Waals surface area contributed by atoms with Gasteiger partial charge in [0, 0.05) is 47.0 Å². The molecule has 2 aromatic rings. The van der Waals surface area contributed by atoms with Crippen molar-refractivity contribution in [3.05, 3.63) is 65.5 Å². The highest BCUT2D eigenvalue weighted by atomic mass is 127. The van der Waals surface area contributed by atoms with Crippen LogP contribution in [0.15, 0.2) is 33.2 Å². The van der Waals surface area contributed by atoms with E-state index in [0.717, 1.165) is 45.2 Å². The van der Waals surface area contributed by atoms with E-state index in [1.165, 1.54) is 22.3 Å². The third kappa shape index (κ3) is 6.64. The molecule has 0 spiro atoms. The average molecular weight is 861 g/mol. The fourth-order valence-electron chi connectivity index (χ4n) is 4.86. The monoisotopic (exact) mass is 858 g/mol. The highest BCUT2D eigenvalue weighted by molar-refractivity contribution is 14.1. The Morgan fingerprint density at radius 2 is 1.38 bits per heavy atom. The quantitative estimate of drug-likeness (QED) is 0.213. The van der Waals surface area contributed by atoms with Crippen LogP contribution in [0.3, 0.4) is 0 Å². The van der Waals surface area contributed by atoms with Crippen LogP contribution >= 0.6 is 100 Å². The maximum absolute atomic E-state index is 6.13. The van der Waals surface area contributed by atoms with Crippen molar-refractivity contribution in [3.8, 4) is 0 Å². The van der Waals surface area contributed by atoms with Crippen LogP contribution in [0.5, 0.6) is 0 Å². The van der Waals surface area contributed by atoms with Gasteiger partial charge in [0.25, 0.3) is 0 Å². The molecule has 0 saturated carbocycles. The van der Waals surface area contributed by atoms with Crippen molar-refractivity contribution < 1.29 is 9.47 Å². The number of ether oxygens (including phenoxy) is 2. The number of hydrogen-bond acceptors (Lipinski definition) is 4. The summed E-state index contributed by atoms with van der Waals surface area (Å²) >= 11 is 23.6. The maximum Gasteiger partial charge on any atom is 0.0785 e. The molecule has 4 nitrogen and oxygen atoms in total. The molecule has 2 fully saturated rings. The van der Waals surface area contributed by atoms with Crippen LogP contribution in [0.4, 0.5) is 0 Å². The Labute approximate surface area is 256 Å². The third-order valence-corrected chi connectivity index (χ3v) is 8.99. The second-order valence-corrected chi connectivity index (χ2v) is 10.6. The van der Waals surface area contributed by atoms with Crippen LogP contribution in [0.25, 0.3) is 0 Å². The highest BCUT2D eigenvalue weighted by Crippen LogP contribution is 2.41. The van der Waals surface area contributed by atoms with E-state index in [0.29, 0.717) is 37.3 Å². The Bertz CT molecular complexity index is 984. The Balaban J connectivity index is 0.000000167. The number of alkyl halides is 2. The normalized spacial score (nSPS) is 25.6. The first kappa shape index (κ1) is 29.8. The molecule has 4 aliphatic rings. The molecule has 4 heterocycles. The first-order valence-electron chi connectivity index (χ1n) is 10.9. The number of benzene rings is 2. The zero-order valence-electron chi connectivity index (χ0n) is 18.9. The predicted octanol–water partition coefficient (Wildman–Crippen LogP) is 7.48. The molecular weight excluding hydrogens is 833 g/mol. The molecular formula is C24H28Br2Cl2I2N2O2. The molecule has 4 atom stereocenters. The summed E-state index contributed by atoms with van der Waals surface area (Å²) in [5.41, 5.74) is 5.21. The summed E-state index contributed by atoms with van der Waals surface area (Å²) in [5.74, 6) is 0.918. The average Bonchev–Trinajstić information content (AvgIpc) is 3.55. The van der Waals surface area contributed by atoms with Gasteiger partial charge in [-0.05, 0) is 82.2 Å². The van der Waals surface area contributed by atoms with Crippen LogP contribution in [0.2, 0.25) is 10.0 Å².